The van der Waals surface area contributed by atoms with Crippen LogP contribution < -0.4 is 16.0 Å². The molecule has 4 aromatic rings. The Morgan fingerprint density at radius 2 is 2.15 bits per heavy atom. The summed E-state index contributed by atoms with van der Waals surface area (Å²) in [6, 6.07) is 1.78. The fourth-order valence-electron chi connectivity index (χ4n) is 6.37. The number of anilines is 1. The molecule has 2 saturated heterocycles. The monoisotopic (exact) mass is 554 g/mol. The van der Waals surface area contributed by atoms with E-state index in [1.54, 1.807) is 0 Å². The molecule has 0 radical (unpaired) electrons. The number of aromatic amines is 1. The third-order valence-corrected chi connectivity index (χ3v) is 9.10. The summed E-state index contributed by atoms with van der Waals surface area (Å²) >= 11 is 0.877. The summed E-state index contributed by atoms with van der Waals surface area (Å²) < 4.78 is 56.8. The zero-order valence-corrected chi connectivity index (χ0v) is 21.3. The van der Waals surface area contributed by atoms with E-state index >= 15 is 4.39 Å². The molecule has 6 heterocycles. The highest BCUT2D eigenvalue weighted by molar-refractivity contribution is 7.23. The van der Waals surface area contributed by atoms with Gasteiger partial charge < -0.3 is 15.2 Å². The minimum absolute atomic E-state index is 0.00448. The van der Waals surface area contributed by atoms with Gasteiger partial charge in [-0.15, -0.1) is 11.3 Å². The number of pyridine rings is 1. The van der Waals surface area contributed by atoms with Crippen LogP contribution >= 0.6 is 11.3 Å². The number of benzene rings is 1. The number of alkyl halides is 1. The number of fused-ring (bicyclic) bond motifs is 5. The van der Waals surface area contributed by atoms with E-state index in [2.05, 4.69) is 19.9 Å². The van der Waals surface area contributed by atoms with E-state index in [9.17, 15) is 18.8 Å². The third-order valence-electron chi connectivity index (χ3n) is 8.07. The Morgan fingerprint density at radius 3 is 2.97 bits per heavy atom. The lowest BCUT2D eigenvalue weighted by Gasteiger charge is -2.30. The SMILES string of the molecule is N#Cc1c(N)sc2c(F)cnc(-c3c4c(c5c(=O)[nH]c(OC[C@@]67CCCN6CC(F)C7)nc5c3F)COC4)c12. The second-order valence-corrected chi connectivity index (χ2v) is 11.3. The van der Waals surface area contributed by atoms with Crippen molar-refractivity contribution in [3.05, 3.63) is 44.9 Å². The summed E-state index contributed by atoms with van der Waals surface area (Å²) in [4.78, 5) is 26.3. The van der Waals surface area contributed by atoms with Gasteiger partial charge in [0.25, 0.3) is 11.6 Å². The number of rotatable bonds is 4. The molecule has 2 fully saturated rings. The number of aromatic nitrogens is 3. The maximum absolute atomic E-state index is 16.4. The van der Waals surface area contributed by atoms with Crippen molar-refractivity contribution < 1.29 is 22.6 Å². The first kappa shape index (κ1) is 24.3. The molecule has 0 spiro atoms. The van der Waals surface area contributed by atoms with E-state index in [0.29, 0.717) is 24.1 Å². The molecule has 7 rings (SSSR count). The zero-order chi connectivity index (χ0) is 27.1. The minimum atomic E-state index is -0.954. The second-order valence-electron chi connectivity index (χ2n) is 10.2. The molecule has 3 aromatic heterocycles. The van der Waals surface area contributed by atoms with Crippen molar-refractivity contribution in [2.24, 2.45) is 0 Å². The molecule has 1 unspecified atom stereocenters. The fraction of sp³-hybridized carbons (Fsp3) is 0.385. The highest BCUT2D eigenvalue weighted by Crippen LogP contribution is 2.45. The molecular formula is C26H21F3N6O3S. The Labute approximate surface area is 223 Å². The van der Waals surface area contributed by atoms with Crippen molar-refractivity contribution in [3.63, 3.8) is 0 Å². The molecule has 0 saturated carbocycles. The third kappa shape index (κ3) is 3.48. The molecule has 39 heavy (non-hydrogen) atoms. The van der Waals surface area contributed by atoms with Crippen molar-refractivity contribution in [1.29, 1.82) is 5.26 Å². The summed E-state index contributed by atoms with van der Waals surface area (Å²) in [6.45, 7) is 1.23. The van der Waals surface area contributed by atoms with Gasteiger partial charge in [-0.3, -0.25) is 19.7 Å². The molecule has 0 amide bonds. The number of hydrogen-bond donors (Lipinski definition) is 2. The fourth-order valence-corrected chi connectivity index (χ4v) is 7.29. The summed E-state index contributed by atoms with van der Waals surface area (Å²) in [6.07, 6.45) is 1.99. The quantitative estimate of drug-likeness (QED) is 0.388. The Morgan fingerprint density at radius 1 is 1.33 bits per heavy atom. The van der Waals surface area contributed by atoms with E-state index in [4.69, 9.17) is 15.2 Å². The lowest BCUT2D eigenvalue weighted by atomic mass is 9.94. The maximum atomic E-state index is 16.4. The first-order valence-electron chi connectivity index (χ1n) is 12.4. The van der Waals surface area contributed by atoms with E-state index in [1.165, 1.54) is 0 Å². The number of halogens is 3. The molecule has 0 aliphatic carbocycles. The molecule has 3 aliphatic heterocycles. The van der Waals surface area contributed by atoms with Gasteiger partial charge in [-0.05, 0) is 30.5 Å². The van der Waals surface area contributed by atoms with Crippen molar-refractivity contribution >= 4 is 37.3 Å². The van der Waals surface area contributed by atoms with Crippen molar-refractivity contribution in [3.8, 4) is 23.3 Å². The van der Waals surface area contributed by atoms with Gasteiger partial charge in [-0.1, -0.05) is 0 Å². The Kier molecular flexibility index (Phi) is 5.39. The van der Waals surface area contributed by atoms with Gasteiger partial charge >= 0.3 is 0 Å². The predicted octanol–water partition coefficient (Wildman–Crippen LogP) is 3.92. The first-order valence-corrected chi connectivity index (χ1v) is 13.3. The lowest BCUT2D eigenvalue weighted by molar-refractivity contribution is 0.107. The van der Waals surface area contributed by atoms with Crippen LogP contribution in [0.4, 0.5) is 18.2 Å². The van der Waals surface area contributed by atoms with Gasteiger partial charge in [0.1, 0.15) is 29.4 Å². The summed E-state index contributed by atoms with van der Waals surface area (Å²) in [5.41, 5.74) is 5.40. The van der Waals surface area contributed by atoms with Crippen molar-refractivity contribution in [2.45, 2.75) is 44.2 Å². The normalized spacial score (nSPS) is 22.5. The van der Waals surface area contributed by atoms with Gasteiger partial charge in [0.2, 0.25) is 0 Å². The van der Waals surface area contributed by atoms with Crippen LogP contribution in [0.1, 0.15) is 36.0 Å². The van der Waals surface area contributed by atoms with Crippen molar-refractivity contribution in [1.82, 2.24) is 19.9 Å². The summed E-state index contributed by atoms with van der Waals surface area (Å²) in [5, 5.41) is 9.91. The molecular weight excluding hydrogens is 533 g/mol. The molecule has 9 nitrogen and oxygen atoms in total. The number of hydrogen-bond acceptors (Lipinski definition) is 9. The number of ether oxygens (including phenoxy) is 2. The highest BCUT2D eigenvalue weighted by atomic mass is 32.1. The molecule has 200 valence electrons. The van der Waals surface area contributed by atoms with Gasteiger partial charge in [0.05, 0.1) is 46.3 Å². The topological polar surface area (TPSA) is 130 Å². The Bertz CT molecular complexity index is 1800. The molecule has 3 aliphatic rings. The largest absolute Gasteiger partial charge is 0.463 e. The minimum Gasteiger partial charge on any atom is -0.463 e. The maximum Gasteiger partial charge on any atom is 0.297 e. The van der Waals surface area contributed by atoms with Crippen LogP contribution in [-0.2, 0) is 18.0 Å². The first-order chi connectivity index (χ1) is 18.8. The van der Waals surface area contributed by atoms with Gasteiger partial charge in [0.15, 0.2) is 11.6 Å². The van der Waals surface area contributed by atoms with Crippen molar-refractivity contribution in [2.75, 3.05) is 25.4 Å². The average Bonchev–Trinajstić information content (AvgIpc) is 3.66. The van der Waals surface area contributed by atoms with E-state index < -0.39 is 28.9 Å². The summed E-state index contributed by atoms with van der Waals surface area (Å²) in [5.74, 6) is -1.56. The molecule has 13 heteroatoms. The predicted molar refractivity (Wildman–Crippen MR) is 137 cm³/mol. The van der Waals surface area contributed by atoms with Crippen LogP contribution in [0.15, 0.2) is 11.0 Å². The van der Waals surface area contributed by atoms with E-state index in [1.807, 2.05) is 6.07 Å². The van der Waals surface area contributed by atoms with E-state index in [0.717, 1.165) is 36.9 Å². The summed E-state index contributed by atoms with van der Waals surface area (Å²) in [7, 11) is 0. The van der Waals surface area contributed by atoms with Crippen LogP contribution in [0, 0.1) is 23.0 Å². The van der Waals surface area contributed by atoms with Crippen LogP contribution in [0.2, 0.25) is 0 Å². The number of nitrogens with zero attached hydrogens (tertiary/aromatic N) is 4. The van der Waals surface area contributed by atoms with Gasteiger partial charge in [0, 0.05) is 23.9 Å². The standard InChI is InChI=1S/C26H21F3N6O3S/c27-11-4-26(2-1-3-35(26)7-11)10-38-25-33-21-18(24(36)34-25)14-9-37-8-13(14)16(19(21)29)20-17-12(5-30)23(31)39-22(17)15(28)6-32-20/h6,11H,1-4,7-10,31H2,(H,33,34,36)/t11?,26-/m0/s1. The number of thiophene rings is 1. The van der Waals surface area contributed by atoms with Crippen LogP contribution in [0.5, 0.6) is 6.01 Å². The zero-order valence-electron chi connectivity index (χ0n) is 20.4. The number of nitrogens with two attached hydrogens (primary N) is 1. The second kappa shape index (κ2) is 8.64. The molecule has 3 N–H and O–H groups in total. The Hall–Kier alpha value is -3.73. The van der Waals surface area contributed by atoms with Crippen LogP contribution in [-0.4, -0.2) is 51.3 Å². The van der Waals surface area contributed by atoms with E-state index in [-0.39, 0.29) is 68.6 Å². The number of H-pyrrole nitrogens is 1. The number of nitriles is 1. The van der Waals surface area contributed by atoms with Gasteiger partial charge in [-0.25, -0.2) is 13.2 Å². The Balaban J connectivity index is 1.40. The number of nitrogens with one attached hydrogen (secondary N) is 1. The molecule has 2 atom stereocenters. The molecule has 0 bridgehead atoms. The highest BCUT2D eigenvalue weighted by Gasteiger charge is 2.49. The molecule has 1 aromatic carbocycles. The van der Waals surface area contributed by atoms with Gasteiger partial charge in [-0.2, -0.15) is 10.2 Å². The lowest BCUT2D eigenvalue weighted by Crippen LogP contribution is -2.43. The number of nitrogen functional groups attached to an aromatic ring is 1. The van der Waals surface area contributed by atoms with Crippen LogP contribution in [0.3, 0.4) is 0 Å². The average molecular weight is 555 g/mol. The smallest absolute Gasteiger partial charge is 0.297 e. The van der Waals surface area contributed by atoms with Crippen LogP contribution in [0.25, 0.3) is 32.2 Å².